The van der Waals surface area contributed by atoms with Gasteiger partial charge in [-0.1, -0.05) is 12.1 Å². The van der Waals surface area contributed by atoms with Crippen LogP contribution in [0.4, 0.5) is 5.69 Å². The summed E-state index contributed by atoms with van der Waals surface area (Å²) in [6.45, 7) is 3.91. The summed E-state index contributed by atoms with van der Waals surface area (Å²) in [5.41, 5.74) is 2.28. The van der Waals surface area contributed by atoms with Crippen molar-refractivity contribution in [2.24, 2.45) is 0 Å². The first-order valence-corrected chi connectivity index (χ1v) is 6.14. The van der Waals surface area contributed by atoms with Crippen molar-refractivity contribution in [3.05, 3.63) is 39.9 Å². The minimum Gasteiger partial charge on any atom is -0.372 e. The standard InChI is InChI=1S/C13H18N2O2/c1-11(15(16)17)10-12-4-6-13(7-5-12)14-8-2-3-9-14/h4-7,11H,2-3,8-10H2,1H3. The van der Waals surface area contributed by atoms with Crippen LogP contribution in [-0.4, -0.2) is 24.1 Å². The maximum absolute atomic E-state index is 10.6. The third-order valence-corrected chi connectivity index (χ3v) is 3.30. The number of nitro groups is 1. The molecule has 92 valence electrons. The maximum Gasteiger partial charge on any atom is 0.214 e. The van der Waals surface area contributed by atoms with Crippen molar-refractivity contribution in [3.8, 4) is 0 Å². The van der Waals surface area contributed by atoms with Crippen LogP contribution in [0.1, 0.15) is 25.3 Å². The zero-order valence-corrected chi connectivity index (χ0v) is 10.1. The van der Waals surface area contributed by atoms with Crippen LogP contribution >= 0.6 is 0 Å². The van der Waals surface area contributed by atoms with Gasteiger partial charge < -0.3 is 4.90 Å². The molecule has 0 bridgehead atoms. The third-order valence-electron chi connectivity index (χ3n) is 3.30. The van der Waals surface area contributed by atoms with Crippen LogP contribution in [0.25, 0.3) is 0 Å². The van der Waals surface area contributed by atoms with Crippen molar-refractivity contribution in [2.45, 2.75) is 32.2 Å². The fraction of sp³-hybridized carbons (Fsp3) is 0.538. The molecule has 0 N–H and O–H groups in total. The lowest BCUT2D eigenvalue weighted by Crippen LogP contribution is -2.19. The summed E-state index contributed by atoms with van der Waals surface area (Å²) in [6.07, 6.45) is 3.04. The molecule has 0 aromatic heterocycles. The van der Waals surface area contributed by atoms with Crippen LogP contribution in [0.5, 0.6) is 0 Å². The molecule has 4 heteroatoms. The number of rotatable bonds is 4. The molecule has 0 aliphatic carbocycles. The molecule has 1 aromatic rings. The second-order valence-corrected chi connectivity index (χ2v) is 4.70. The first-order valence-electron chi connectivity index (χ1n) is 6.14. The Morgan fingerprint density at radius 1 is 1.29 bits per heavy atom. The molecular formula is C13H18N2O2. The molecule has 17 heavy (non-hydrogen) atoms. The van der Waals surface area contributed by atoms with Gasteiger partial charge in [0.05, 0.1) is 0 Å². The van der Waals surface area contributed by atoms with E-state index in [4.69, 9.17) is 0 Å². The number of benzene rings is 1. The monoisotopic (exact) mass is 234 g/mol. The molecule has 0 radical (unpaired) electrons. The van der Waals surface area contributed by atoms with E-state index in [2.05, 4.69) is 17.0 Å². The van der Waals surface area contributed by atoms with E-state index in [1.165, 1.54) is 18.5 Å². The van der Waals surface area contributed by atoms with Crippen molar-refractivity contribution >= 4 is 5.69 Å². The molecule has 1 fully saturated rings. The zero-order chi connectivity index (χ0) is 12.3. The summed E-state index contributed by atoms with van der Waals surface area (Å²) in [4.78, 5) is 12.7. The predicted molar refractivity (Wildman–Crippen MR) is 68.0 cm³/mol. The molecule has 0 spiro atoms. The molecule has 0 amide bonds. The number of hydrogen-bond donors (Lipinski definition) is 0. The quantitative estimate of drug-likeness (QED) is 0.594. The van der Waals surface area contributed by atoms with Gasteiger partial charge >= 0.3 is 0 Å². The van der Waals surface area contributed by atoms with Crippen LogP contribution in [0.2, 0.25) is 0 Å². The Morgan fingerprint density at radius 3 is 2.41 bits per heavy atom. The van der Waals surface area contributed by atoms with Gasteiger partial charge in [0.2, 0.25) is 6.04 Å². The lowest BCUT2D eigenvalue weighted by atomic mass is 10.1. The molecule has 4 nitrogen and oxygen atoms in total. The van der Waals surface area contributed by atoms with Gasteiger partial charge in [0, 0.05) is 37.0 Å². The van der Waals surface area contributed by atoms with Crippen molar-refractivity contribution in [2.75, 3.05) is 18.0 Å². The van der Waals surface area contributed by atoms with Gasteiger partial charge in [-0.2, -0.15) is 0 Å². The maximum atomic E-state index is 10.6. The van der Waals surface area contributed by atoms with E-state index < -0.39 is 6.04 Å². The highest BCUT2D eigenvalue weighted by atomic mass is 16.6. The fourth-order valence-electron chi connectivity index (χ4n) is 2.23. The highest BCUT2D eigenvalue weighted by Gasteiger charge is 2.15. The SMILES string of the molecule is CC(Cc1ccc(N2CCCC2)cc1)[N+](=O)[O-]. The van der Waals surface area contributed by atoms with Crippen LogP contribution < -0.4 is 4.90 Å². The normalized spacial score (nSPS) is 17.1. The van der Waals surface area contributed by atoms with E-state index in [0.29, 0.717) is 6.42 Å². The molecular weight excluding hydrogens is 216 g/mol. The Morgan fingerprint density at radius 2 is 1.88 bits per heavy atom. The minimum atomic E-state index is -0.507. The molecule has 1 heterocycles. The molecule has 1 atom stereocenters. The molecule has 1 unspecified atom stereocenters. The van der Waals surface area contributed by atoms with Gasteiger partial charge in [0.25, 0.3) is 0 Å². The molecule has 0 saturated carbocycles. The van der Waals surface area contributed by atoms with Crippen LogP contribution in [0.15, 0.2) is 24.3 Å². The second kappa shape index (κ2) is 5.17. The highest BCUT2D eigenvalue weighted by Crippen LogP contribution is 2.20. The Bertz CT molecular complexity index is 383. The van der Waals surface area contributed by atoms with Gasteiger partial charge in [-0.05, 0) is 30.5 Å². The topological polar surface area (TPSA) is 46.4 Å². The Kier molecular flexibility index (Phi) is 3.61. The van der Waals surface area contributed by atoms with E-state index in [1.807, 2.05) is 12.1 Å². The van der Waals surface area contributed by atoms with Crippen LogP contribution in [0.3, 0.4) is 0 Å². The molecule has 1 aliphatic rings. The minimum absolute atomic E-state index is 0.228. The van der Waals surface area contributed by atoms with E-state index in [9.17, 15) is 10.1 Å². The predicted octanol–water partition coefficient (Wildman–Crippen LogP) is 2.49. The molecule has 1 saturated heterocycles. The average molecular weight is 234 g/mol. The van der Waals surface area contributed by atoms with Crippen molar-refractivity contribution in [3.63, 3.8) is 0 Å². The Labute approximate surface area is 101 Å². The first-order chi connectivity index (χ1) is 8.16. The van der Waals surface area contributed by atoms with E-state index in [0.717, 1.165) is 18.7 Å². The number of anilines is 1. The lowest BCUT2D eigenvalue weighted by molar-refractivity contribution is -0.517. The van der Waals surface area contributed by atoms with E-state index in [-0.39, 0.29) is 4.92 Å². The van der Waals surface area contributed by atoms with Crippen molar-refractivity contribution in [1.29, 1.82) is 0 Å². The van der Waals surface area contributed by atoms with Crippen LogP contribution in [-0.2, 0) is 6.42 Å². The largest absolute Gasteiger partial charge is 0.372 e. The summed E-state index contributed by atoms with van der Waals surface area (Å²) < 4.78 is 0. The molecule has 2 rings (SSSR count). The Balaban J connectivity index is 2.00. The van der Waals surface area contributed by atoms with Gasteiger partial charge in [0.15, 0.2) is 0 Å². The highest BCUT2D eigenvalue weighted by molar-refractivity contribution is 5.48. The zero-order valence-electron chi connectivity index (χ0n) is 10.1. The van der Waals surface area contributed by atoms with Gasteiger partial charge in [-0.3, -0.25) is 10.1 Å². The van der Waals surface area contributed by atoms with Gasteiger partial charge in [-0.15, -0.1) is 0 Å². The smallest absolute Gasteiger partial charge is 0.214 e. The fourth-order valence-corrected chi connectivity index (χ4v) is 2.23. The summed E-state index contributed by atoms with van der Waals surface area (Å²) in [6, 6.07) is 7.66. The van der Waals surface area contributed by atoms with Gasteiger partial charge in [0.1, 0.15) is 0 Å². The second-order valence-electron chi connectivity index (χ2n) is 4.70. The first kappa shape index (κ1) is 11.9. The van der Waals surface area contributed by atoms with Crippen molar-refractivity contribution < 1.29 is 4.92 Å². The molecule has 1 aliphatic heterocycles. The summed E-state index contributed by atoms with van der Waals surface area (Å²) in [5.74, 6) is 0. The third kappa shape index (κ3) is 2.96. The average Bonchev–Trinajstić information content (AvgIpc) is 2.83. The van der Waals surface area contributed by atoms with Crippen molar-refractivity contribution in [1.82, 2.24) is 0 Å². The Hall–Kier alpha value is -1.58. The number of nitrogens with zero attached hydrogens (tertiary/aromatic N) is 2. The molecule has 1 aromatic carbocycles. The van der Waals surface area contributed by atoms with E-state index in [1.54, 1.807) is 6.92 Å². The van der Waals surface area contributed by atoms with Crippen LogP contribution in [0, 0.1) is 10.1 Å². The summed E-state index contributed by atoms with van der Waals surface area (Å²) >= 11 is 0. The summed E-state index contributed by atoms with van der Waals surface area (Å²) in [7, 11) is 0. The number of hydrogen-bond acceptors (Lipinski definition) is 3. The van der Waals surface area contributed by atoms with E-state index >= 15 is 0 Å². The lowest BCUT2D eigenvalue weighted by Gasteiger charge is -2.17. The summed E-state index contributed by atoms with van der Waals surface area (Å²) in [5, 5.41) is 10.6. The van der Waals surface area contributed by atoms with Gasteiger partial charge in [-0.25, -0.2) is 0 Å².